The lowest BCUT2D eigenvalue weighted by Crippen LogP contribution is -2.48. The molecule has 1 aliphatic heterocycles. The van der Waals surface area contributed by atoms with Gasteiger partial charge in [0.25, 0.3) is 0 Å². The summed E-state index contributed by atoms with van der Waals surface area (Å²) < 4.78 is 0. The summed E-state index contributed by atoms with van der Waals surface area (Å²) in [6, 6.07) is 3.51. The zero-order chi connectivity index (χ0) is 11.5. The Hall–Kier alpha value is -1.91. The molecule has 1 aromatic heterocycles. The Morgan fingerprint density at radius 1 is 1.44 bits per heavy atom. The van der Waals surface area contributed by atoms with Crippen LogP contribution in [0.3, 0.4) is 0 Å². The maximum atomic E-state index is 11.4. The summed E-state index contributed by atoms with van der Waals surface area (Å²) in [6.07, 6.45) is 2.12. The summed E-state index contributed by atoms with van der Waals surface area (Å²) in [6.45, 7) is 2.86. The molecule has 1 aliphatic rings. The highest BCUT2D eigenvalue weighted by atomic mass is 16.2. The van der Waals surface area contributed by atoms with E-state index in [4.69, 9.17) is 0 Å². The fourth-order valence-corrected chi connectivity index (χ4v) is 1.54. The molecule has 2 rings (SSSR count). The molecule has 84 valence electrons. The molecule has 0 spiro atoms. The van der Waals surface area contributed by atoms with Crippen LogP contribution in [0, 0.1) is 6.92 Å². The minimum atomic E-state index is -0.335. The smallest absolute Gasteiger partial charge is 0.318 e. The maximum absolute atomic E-state index is 11.4. The maximum Gasteiger partial charge on any atom is 0.324 e. The second-order valence-corrected chi connectivity index (χ2v) is 3.85. The monoisotopic (exact) mass is 219 g/mol. The second kappa shape index (κ2) is 4.30. The molecule has 5 heteroatoms. The predicted octanol–water partition coefficient (Wildman–Crippen LogP) is 0.832. The van der Waals surface area contributed by atoms with Crippen LogP contribution in [-0.4, -0.2) is 28.4 Å². The average molecular weight is 219 g/mol. The minimum Gasteiger partial charge on any atom is -0.318 e. The molecule has 16 heavy (non-hydrogen) atoms. The molecule has 0 atom stereocenters. The van der Waals surface area contributed by atoms with Crippen molar-refractivity contribution in [2.45, 2.75) is 19.9 Å². The first-order valence-electron chi connectivity index (χ1n) is 5.15. The number of pyridine rings is 1. The standard InChI is InChI=1S/C11H13N3O2/c1-8-2-3-9(12-6-8)7-14-5-4-10(15)13-11(14)16/h2-3,6H,4-5,7H2,1H3,(H,13,15,16). The lowest BCUT2D eigenvalue weighted by molar-refractivity contribution is -0.121. The number of imide groups is 1. The van der Waals surface area contributed by atoms with Crippen LogP contribution in [0.15, 0.2) is 18.3 Å². The van der Waals surface area contributed by atoms with Crippen LogP contribution in [0.2, 0.25) is 0 Å². The van der Waals surface area contributed by atoms with Gasteiger partial charge in [0.2, 0.25) is 5.91 Å². The Bertz CT molecular complexity index is 414. The number of rotatable bonds is 2. The van der Waals surface area contributed by atoms with Crippen molar-refractivity contribution in [3.8, 4) is 0 Å². The van der Waals surface area contributed by atoms with Crippen LogP contribution in [-0.2, 0) is 11.3 Å². The normalized spacial score (nSPS) is 16.2. The van der Waals surface area contributed by atoms with E-state index in [9.17, 15) is 9.59 Å². The van der Waals surface area contributed by atoms with Crippen molar-refractivity contribution in [2.24, 2.45) is 0 Å². The third-order valence-electron chi connectivity index (χ3n) is 2.47. The fraction of sp³-hybridized carbons (Fsp3) is 0.364. The highest BCUT2D eigenvalue weighted by Gasteiger charge is 2.22. The Balaban J connectivity index is 2.02. The van der Waals surface area contributed by atoms with Crippen molar-refractivity contribution in [3.05, 3.63) is 29.6 Å². The van der Waals surface area contributed by atoms with Gasteiger partial charge in [-0.2, -0.15) is 0 Å². The lowest BCUT2D eigenvalue weighted by atomic mass is 10.2. The number of hydrogen-bond acceptors (Lipinski definition) is 3. The number of urea groups is 1. The van der Waals surface area contributed by atoms with Gasteiger partial charge in [0, 0.05) is 19.2 Å². The predicted molar refractivity (Wildman–Crippen MR) is 57.5 cm³/mol. The number of amides is 3. The number of carbonyl (C=O) groups excluding carboxylic acids is 2. The number of nitrogens with zero attached hydrogens (tertiary/aromatic N) is 2. The van der Waals surface area contributed by atoms with Crippen LogP contribution in [0.1, 0.15) is 17.7 Å². The molecule has 0 aromatic carbocycles. The van der Waals surface area contributed by atoms with E-state index in [-0.39, 0.29) is 11.9 Å². The summed E-state index contributed by atoms with van der Waals surface area (Å²) in [4.78, 5) is 28.2. The van der Waals surface area contributed by atoms with Crippen LogP contribution in [0.5, 0.6) is 0 Å². The zero-order valence-electron chi connectivity index (χ0n) is 9.06. The lowest BCUT2D eigenvalue weighted by Gasteiger charge is -2.26. The molecule has 1 fully saturated rings. The molecule has 1 saturated heterocycles. The van der Waals surface area contributed by atoms with Gasteiger partial charge in [-0.15, -0.1) is 0 Å². The highest BCUT2D eigenvalue weighted by Crippen LogP contribution is 2.07. The van der Waals surface area contributed by atoms with E-state index in [2.05, 4.69) is 10.3 Å². The van der Waals surface area contributed by atoms with Gasteiger partial charge in [0.1, 0.15) is 0 Å². The first-order chi connectivity index (χ1) is 7.65. The molecule has 0 aliphatic carbocycles. The van der Waals surface area contributed by atoms with E-state index in [1.54, 1.807) is 11.1 Å². The van der Waals surface area contributed by atoms with E-state index in [0.717, 1.165) is 11.3 Å². The summed E-state index contributed by atoms with van der Waals surface area (Å²) in [5.74, 6) is -0.210. The molecule has 0 radical (unpaired) electrons. The topological polar surface area (TPSA) is 62.3 Å². The zero-order valence-corrected chi connectivity index (χ0v) is 9.06. The quantitative estimate of drug-likeness (QED) is 0.801. The molecule has 0 bridgehead atoms. The van der Waals surface area contributed by atoms with Gasteiger partial charge in [-0.25, -0.2) is 4.79 Å². The van der Waals surface area contributed by atoms with Crippen LogP contribution in [0.25, 0.3) is 0 Å². The Morgan fingerprint density at radius 3 is 2.88 bits per heavy atom. The number of aromatic nitrogens is 1. The van der Waals surface area contributed by atoms with Gasteiger partial charge in [-0.05, 0) is 18.6 Å². The van der Waals surface area contributed by atoms with Crippen molar-refractivity contribution in [1.82, 2.24) is 15.2 Å². The summed E-state index contributed by atoms with van der Waals surface area (Å²) in [5.41, 5.74) is 1.91. The van der Waals surface area contributed by atoms with Gasteiger partial charge in [0.05, 0.1) is 12.2 Å². The van der Waals surface area contributed by atoms with Gasteiger partial charge in [0.15, 0.2) is 0 Å². The largest absolute Gasteiger partial charge is 0.324 e. The number of nitrogens with one attached hydrogen (secondary N) is 1. The van der Waals surface area contributed by atoms with E-state index < -0.39 is 0 Å². The molecule has 0 unspecified atom stereocenters. The van der Waals surface area contributed by atoms with Gasteiger partial charge in [-0.3, -0.25) is 15.1 Å². The number of carbonyl (C=O) groups is 2. The second-order valence-electron chi connectivity index (χ2n) is 3.85. The minimum absolute atomic E-state index is 0.210. The summed E-state index contributed by atoms with van der Waals surface area (Å²) in [5, 5.41) is 2.28. The molecule has 3 amide bonds. The molecule has 1 N–H and O–H groups in total. The fourth-order valence-electron chi connectivity index (χ4n) is 1.54. The molecule has 0 saturated carbocycles. The molecular formula is C11H13N3O2. The van der Waals surface area contributed by atoms with Crippen molar-refractivity contribution in [2.75, 3.05) is 6.54 Å². The molecular weight excluding hydrogens is 206 g/mol. The SMILES string of the molecule is Cc1ccc(CN2CCC(=O)NC2=O)nc1. The van der Waals surface area contributed by atoms with Crippen molar-refractivity contribution in [1.29, 1.82) is 0 Å². The van der Waals surface area contributed by atoms with E-state index >= 15 is 0 Å². The van der Waals surface area contributed by atoms with Gasteiger partial charge in [-0.1, -0.05) is 6.07 Å². The Labute approximate surface area is 93.5 Å². The molecule has 5 nitrogen and oxygen atoms in total. The number of hydrogen-bond donors (Lipinski definition) is 1. The highest BCUT2D eigenvalue weighted by molar-refractivity contribution is 5.96. The van der Waals surface area contributed by atoms with Crippen LogP contribution >= 0.6 is 0 Å². The Morgan fingerprint density at radius 2 is 2.25 bits per heavy atom. The molecule has 1 aromatic rings. The third kappa shape index (κ3) is 2.36. The first kappa shape index (κ1) is 10.6. The van der Waals surface area contributed by atoms with Crippen molar-refractivity contribution in [3.63, 3.8) is 0 Å². The Kier molecular flexibility index (Phi) is 2.85. The van der Waals surface area contributed by atoms with E-state index in [1.165, 1.54) is 0 Å². The van der Waals surface area contributed by atoms with E-state index in [0.29, 0.717) is 19.5 Å². The van der Waals surface area contributed by atoms with Gasteiger partial charge < -0.3 is 4.90 Å². The van der Waals surface area contributed by atoms with E-state index in [1.807, 2.05) is 19.1 Å². The summed E-state index contributed by atoms with van der Waals surface area (Å²) >= 11 is 0. The van der Waals surface area contributed by atoms with Gasteiger partial charge >= 0.3 is 6.03 Å². The van der Waals surface area contributed by atoms with Crippen molar-refractivity contribution >= 4 is 11.9 Å². The molecule has 2 heterocycles. The first-order valence-corrected chi connectivity index (χ1v) is 5.15. The summed E-state index contributed by atoms with van der Waals surface area (Å²) in [7, 11) is 0. The van der Waals surface area contributed by atoms with Crippen molar-refractivity contribution < 1.29 is 9.59 Å². The van der Waals surface area contributed by atoms with Crippen LogP contribution < -0.4 is 5.32 Å². The average Bonchev–Trinajstić information content (AvgIpc) is 2.25. The third-order valence-corrected chi connectivity index (χ3v) is 2.47. The van der Waals surface area contributed by atoms with Crippen LogP contribution in [0.4, 0.5) is 4.79 Å². The number of aryl methyl sites for hydroxylation is 1.